The summed E-state index contributed by atoms with van der Waals surface area (Å²) in [6.07, 6.45) is 10.8. The summed E-state index contributed by atoms with van der Waals surface area (Å²) in [5.74, 6) is 7.73. The fourth-order valence-electron chi connectivity index (χ4n) is 4.86. The maximum atomic E-state index is 6.07. The fourth-order valence-corrected chi connectivity index (χ4v) is 4.86. The first-order valence-electron chi connectivity index (χ1n) is 8.82. The minimum absolute atomic E-state index is 0.288. The number of nitrogens with two attached hydrogens (primary N) is 1. The highest BCUT2D eigenvalue weighted by Crippen LogP contribution is 2.50. The van der Waals surface area contributed by atoms with E-state index in [4.69, 9.17) is 5.84 Å². The van der Waals surface area contributed by atoms with E-state index in [9.17, 15) is 0 Å². The van der Waals surface area contributed by atoms with Crippen molar-refractivity contribution in [2.75, 3.05) is 0 Å². The molecule has 116 valence electrons. The van der Waals surface area contributed by atoms with Crippen molar-refractivity contribution in [2.24, 2.45) is 17.7 Å². The molecule has 0 aromatic heterocycles. The summed E-state index contributed by atoms with van der Waals surface area (Å²) < 4.78 is 0. The summed E-state index contributed by atoms with van der Waals surface area (Å²) in [7, 11) is 0. The van der Waals surface area contributed by atoms with Crippen LogP contribution in [0.15, 0.2) is 30.3 Å². The number of nitrogens with one attached hydrogen (secondary N) is 1. The Balaban J connectivity index is 1.84. The number of hydrogen-bond acceptors (Lipinski definition) is 2. The number of hydrazine groups is 1. The Morgan fingerprint density at radius 3 is 2.52 bits per heavy atom. The first kappa shape index (κ1) is 15.1. The Hall–Kier alpha value is -0.860. The van der Waals surface area contributed by atoms with Crippen molar-refractivity contribution in [1.29, 1.82) is 0 Å². The van der Waals surface area contributed by atoms with Crippen LogP contribution in [0.2, 0.25) is 0 Å². The molecule has 1 aromatic rings. The van der Waals surface area contributed by atoms with Gasteiger partial charge in [-0.05, 0) is 43.1 Å². The average Bonchev–Trinajstić information content (AvgIpc) is 2.51. The quantitative estimate of drug-likeness (QED) is 0.630. The van der Waals surface area contributed by atoms with Crippen LogP contribution < -0.4 is 11.3 Å². The number of hydrogen-bond donors (Lipinski definition) is 2. The maximum absolute atomic E-state index is 6.07. The van der Waals surface area contributed by atoms with Crippen LogP contribution in [-0.4, -0.2) is 6.04 Å². The molecule has 0 bridgehead atoms. The highest BCUT2D eigenvalue weighted by molar-refractivity contribution is 5.31. The van der Waals surface area contributed by atoms with E-state index < -0.39 is 0 Å². The van der Waals surface area contributed by atoms with E-state index in [1.54, 1.807) is 0 Å². The van der Waals surface area contributed by atoms with Crippen LogP contribution in [0.3, 0.4) is 0 Å². The number of benzene rings is 1. The van der Waals surface area contributed by atoms with Crippen LogP contribution in [0, 0.1) is 11.8 Å². The van der Waals surface area contributed by atoms with Crippen LogP contribution >= 0.6 is 0 Å². The molecule has 0 heterocycles. The SMILES string of the molecule is CCC1CCCC(C(NN)C2(c3ccccc3)CCC2)C1. The third kappa shape index (κ3) is 2.76. The molecular formula is C19H30N2. The molecule has 21 heavy (non-hydrogen) atoms. The van der Waals surface area contributed by atoms with Gasteiger partial charge in [-0.2, -0.15) is 0 Å². The Morgan fingerprint density at radius 1 is 1.19 bits per heavy atom. The maximum Gasteiger partial charge on any atom is 0.0335 e. The summed E-state index contributed by atoms with van der Waals surface area (Å²) in [4.78, 5) is 0. The largest absolute Gasteiger partial charge is 0.271 e. The summed E-state index contributed by atoms with van der Waals surface area (Å²) in [6, 6.07) is 11.5. The molecule has 3 unspecified atom stereocenters. The molecule has 2 saturated carbocycles. The van der Waals surface area contributed by atoms with Gasteiger partial charge in [-0.3, -0.25) is 11.3 Å². The van der Waals surface area contributed by atoms with Crippen LogP contribution in [-0.2, 0) is 5.41 Å². The molecule has 2 heteroatoms. The molecule has 2 aliphatic carbocycles. The smallest absolute Gasteiger partial charge is 0.0335 e. The third-order valence-corrected chi connectivity index (χ3v) is 6.24. The van der Waals surface area contributed by atoms with Crippen molar-refractivity contribution in [3.63, 3.8) is 0 Å². The lowest BCUT2D eigenvalue weighted by Crippen LogP contribution is -2.59. The summed E-state index contributed by atoms with van der Waals surface area (Å²) in [6.45, 7) is 2.34. The van der Waals surface area contributed by atoms with E-state index in [0.717, 1.165) is 11.8 Å². The summed E-state index contributed by atoms with van der Waals surface area (Å²) in [5.41, 5.74) is 5.04. The van der Waals surface area contributed by atoms with Crippen molar-refractivity contribution < 1.29 is 0 Å². The molecule has 3 rings (SSSR count). The first-order valence-corrected chi connectivity index (χ1v) is 8.82. The van der Waals surface area contributed by atoms with Crippen LogP contribution in [0.4, 0.5) is 0 Å². The van der Waals surface area contributed by atoms with Gasteiger partial charge in [-0.25, -0.2) is 0 Å². The van der Waals surface area contributed by atoms with Gasteiger partial charge in [0.15, 0.2) is 0 Å². The molecule has 0 aliphatic heterocycles. The topological polar surface area (TPSA) is 38.0 Å². The van der Waals surface area contributed by atoms with Crippen molar-refractivity contribution >= 4 is 0 Å². The van der Waals surface area contributed by atoms with E-state index in [1.165, 1.54) is 56.9 Å². The van der Waals surface area contributed by atoms with Crippen LogP contribution in [0.5, 0.6) is 0 Å². The molecule has 2 nitrogen and oxygen atoms in total. The normalized spacial score (nSPS) is 29.6. The monoisotopic (exact) mass is 286 g/mol. The number of rotatable bonds is 5. The zero-order valence-corrected chi connectivity index (χ0v) is 13.4. The van der Waals surface area contributed by atoms with Gasteiger partial charge >= 0.3 is 0 Å². The van der Waals surface area contributed by atoms with Crippen molar-refractivity contribution in [2.45, 2.75) is 69.7 Å². The molecule has 0 saturated heterocycles. The molecule has 3 N–H and O–H groups in total. The van der Waals surface area contributed by atoms with Gasteiger partial charge in [-0.15, -0.1) is 0 Å². The zero-order chi connectivity index (χ0) is 14.7. The van der Waals surface area contributed by atoms with E-state index in [2.05, 4.69) is 42.7 Å². The first-order chi connectivity index (χ1) is 10.3. The van der Waals surface area contributed by atoms with E-state index in [1.807, 2.05) is 0 Å². The Bertz CT molecular complexity index is 438. The second-order valence-electron chi connectivity index (χ2n) is 7.22. The zero-order valence-electron chi connectivity index (χ0n) is 13.4. The average molecular weight is 286 g/mol. The Labute approximate surface area is 129 Å². The lowest BCUT2D eigenvalue weighted by Gasteiger charge is -2.52. The molecule has 0 amide bonds. The lowest BCUT2D eigenvalue weighted by atomic mass is 9.56. The summed E-state index contributed by atoms with van der Waals surface area (Å²) >= 11 is 0. The highest BCUT2D eigenvalue weighted by atomic mass is 15.2. The standard InChI is InChI=1S/C19H30N2/c1-2-15-8-6-9-16(14-15)18(21-20)19(12-7-13-19)17-10-4-3-5-11-17/h3-5,10-11,15-16,18,21H,2,6-9,12-14,20H2,1H3. The minimum Gasteiger partial charge on any atom is -0.271 e. The predicted molar refractivity (Wildman–Crippen MR) is 88.8 cm³/mol. The molecule has 2 fully saturated rings. The molecule has 1 aromatic carbocycles. The van der Waals surface area contributed by atoms with Crippen molar-refractivity contribution in [3.05, 3.63) is 35.9 Å². The van der Waals surface area contributed by atoms with Crippen molar-refractivity contribution in [1.82, 2.24) is 5.43 Å². The molecule has 0 spiro atoms. The van der Waals surface area contributed by atoms with Gasteiger partial charge in [0.2, 0.25) is 0 Å². The molecule has 0 radical (unpaired) electrons. The second kappa shape index (κ2) is 6.50. The lowest BCUT2D eigenvalue weighted by molar-refractivity contribution is 0.0903. The van der Waals surface area contributed by atoms with E-state index in [0.29, 0.717) is 6.04 Å². The van der Waals surface area contributed by atoms with Crippen molar-refractivity contribution in [3.8, 4) is 0 Å². The molecule has 2 aliphatic rings. The Kier molecular flexibility index (Phi) is 4.66. The van der Waals surface area contributed by atoms with E-state index >= 15 is 0 Å². The third-order valence-electron chi connectivity index (χ3n) is 6.24. The van der Waals surface area contributed by atoms with Gasteiger partial charge < -0.3 is 0 Å². The summed E-state index contributed by atoms with van der Waals surface area (Å²) in [5, 5.41) is 0. The van der Waals surface area contributed by atoms with Gasteiger partial charge in [-0.1, -0.05) is 62.9 Å². The van der Waals surface area contributed by atoms with Crippen LogP contribution in [0.25, 0.3) is 0 Å². The molecular weight excluding hydrogens is 256 g/mol. The van der Waals surface area contributed by atoms with Gasteiger partial charge in [0.05, 0.1) is 0 Å². The minimum atomic E-state index is 0.288. The fraction of sp³-hybridized carbons (Fsp3) is 0.684. The van der Waals surface area contributed by atoms with Gasteiger partial charge in [0, 0.05) is 11.5 Å². The highest BCUT2D eigenvalue weighted by Gasteiger charge is 2.48. The Morgan fingerprint density at radius 2 is 1.95 bits per heavy atom. The second-order valence-corrected chi connectivity index (χ2v) is 7.22. The predicted octanol–water partition coefficient (Wildman–Crippen LogP) is 4.16. The molecule has 3 atom stereocenters. The van der Waals surface area contributed by atoms with Gasteiger partial charge in [0.25, 0.3) is 0 Å². The van der Waals surface area contributed by atoms with Gasteiger partial charge in [0.1, 0.15) is 0 Å². The van der Waals surface area contributed by atoms with Crippen LogP contribution in [0.1, 0.15) is 63.9 Å². The van der Waals surface area contributed by atoms with E-state index in [-0.39, 0.29) is 5.41 Å².